The molecule has 0 aliphatic rings. The van der Waals surface area contributed by atoms with E-state index in [2.05, 4.69) is 10.1 Å². The zero-order valence-electron chi connectivity index (χ0n) is 12.9. The molecule has 1 heterocycles. The van der Waals surface area contributed by atoms with Gasteiger partial charge in [-0.2, -0.15) is 0 Å². The Kier molecular flexibility index (Phi) is 4.11. The van der Waals surface area contributed by atoms with Crippen LogP contribution in [0.4, 0.5) is 0 Å². The van der Waals surface area contributed by atoms with E-state index in [-0.39, 0.29) is 16.9 Å². The lowest BCUT2D eigenvalue weighted by atomic mass is 10.2. The Bertz CT molecular complexity index is 969. The average molecular weight is 321 g/mol. The Labute approximate surface area is 137 Å². The number of aliphatic imine (C=N–C) groups is 1. The summed E-state index contributed by atoms with van der Waals surface area (Å²) in [5, 5.41) is 12.6. The number of aromatic nitrogens is 2. The maximum Gasteiger partial charge on any atom is 0.280 e. The van der Waals surface area contributed by atoms with Crippen molar-refractivity contribution in [2.45, 2.75) is 6.92 Å². The molecule has 0 saturated carbocycles. The van der Waals surface area contributed by atoms with Crippen LogP contribution in [0.5, 0.6) is 5.75 Å². The number of carbonyl (C=O) groups is 1. The predicted octanol–water partition coefficient (Wildman–Crippen LogP) is 2.44. The van der Waals surface area contributed by atoms with Gasteiger partial charge in [0, 0.05) is 11.9 Å². The first kappa shape index (κ1) is 15.5. The van der Waals surface area contributed by atoms with Crippen molar-refractivity contribution in [1.82, 2.24) is 9.78 Å². The number of phenolic OH excluding ortho intramolecular Hbond substituents is 1. The third-order valence-electron chi connectivity index (χ3n) is 3.58. The molecule has 0 atom stereocenters. The van der Waals surface area contributed by atoms with Crippen LogP contribution in [0.1, 0.15) is 21.6 Å². The maximum absolute atomic E-state index is 12.5. The van der Waals surface area contributed by atoms with Crippen LogP contribution in [-0.2, 0) is 0 Å². The average Bonchev–Trinajstić information content (AvgIpc) is 2.88. The molecule has 0 bridgehead atoms. The van der Waals surface area contributed by atoms with E-state index in [1.807, 2.05) is 18.2 Å². The van der Waals surface area contributed by atoms with Gasteiger partial charge in [-0.25, -0.2) is 9.67 Å². The van der Waals surface area contributed by atoms with Crippen molar-refractivity contribution in [2.24, 2.45) is 4.99 Å². The number of phenols is 1. The molecule has 6 heteroatoms. The molecule has 1 amide bonds. The summed E-state index contributed by atoms with van der Waals surface area (Å²) >= 11 is 0. The minimum absolute atomic E-state index is 0.0883. The number of nitrogens with zero attached hydrogens (tertiary/aromatic N) is 2. The fraction of sp³-hybridized carbons (Fsp3) is 0.0556. The van der Waals surface area contributed by atoms with Crippen LogP contribution in [0.15, 0.2) is 64.4 Å². The number of H-pyrrole nitrogens is 1. The van der Waals surface area contributed by atoms with Crippen molar-refractivity contribution in [1.29, 1.82) is 0 Å². The number of aromatic hydroxyl groups is 1. The molecule has 0 radical (unpaired) electrons. The summed E-state index contributed by atoms with van der Waals surface area (Å²) in [6.45, 7) is 1.73. The first-order chi connectivity index (χ1) is 11.6. The van der Waals surface area contributed by atoms with Gasteiger partial charge in [0.05, 0.1) is 16.8 Å². The summed E-state index contributed by atoms with van der Waals surface area (Å²) in [6, 6.07) is 15.2. The van der Waals surface area contributed by atoms with Crippen LogP contribution >= 0.6 is 0 Å². The van der Waals surface area contributed by atoms with Crippen LogP contribution in [-0.4, -0.2) is 27.0 Å². The normalized spacial score (nSPS) is 11.0. The molecule has 1 aromatic heterocycles. The summed E-state index contributed by atoms with van der Waals surface area (Å²) in [6.07, 6.45) is 1.22. The number of benzene rings is 2. The number of hydrogen-bond acceptors (Lipinski definition) is 3. The van der Waals surface area contributed by atoms with Crippen molar-refractivity contribution in [3.63, 3.8) is 0 Å². The van der Waals surface area contributed by atoms with Crippen molar-refractivity contribution in [3.8, 4) is 11.4 Å². The number of amides is 1. The highest BCUT2D eigenvalue weighted by Gasteiger charge is 2.12. The summed E-state index contributed by atoms with van der Waals surface area (Å²) in [5.41, 5.74) is 1.37. The highest BCUT2D eigenvalue weighted by atomic mass is 16.3. The van der Waals surface area contributed by atoms with Gasteiger partial charge in [-0.3, -0.25) is 14.7 Å². The minimum atomic E-state index is -0.612. The number of rotatable bonds is 3. The number of para-hydroxylation sites is 2. The Balaban J connectivity index is 1.94. The number of hydrogen-bond donors (Lipinski definition) is 2. The van der Waals surface area contributed by atoms with Gasteiger partial charge in [0.15, 0.2) is 0 Å². The van der Waals surface area contributed by atoms with Crippen molar-refractivity contribution >= 4 is 12.1 Å². The molecule has 2 N–H and O–H groups in total. The zero-order chi connectivity index (χ0) is 17.1. The summed E-state index contributed by atoms with van der Waals surface area (Å²) in [7, 11) is 0. The monoisotopic (exact) mass is 321 g/mol. The zero-order valence-corrected chi connectivity index (χ0v) is 12.9. The number of aromatic amines is 1. The second-order valence-corrected chi connectivity index (χ2v) is 5.21. The van der Waals surface area contributed by atoms with Crippen LogP contribution in [0.2, 0.25) is 0 Å². The lowest BCUT2D eigenvalue weighted by Crippen LogP contribution is -2.17. The highest BCUT2D eigenvalue weighted by molar-refractivity contribution is 6.03. The van der Waals surface area contributed by atoms with Gasteiger partial charge in [-0.1, -0.05) is 30.3 Å². The van der Waals surface area contributed by atoms with Gasteiger partial charge in [0.1, 0.15) is 5.75 Å². The van der Waals surface area contributed by atoms with E-state index in [9.17, 15) is 14.7 Å². The van der Waals surface area contributed by atoms with Crippen molar-refractivity contribution in [3.05, 3.63) is 81.8 Å². The van der Waals surface area contributed by atoms with Crippen LogP contribution in [0.3, 0.4) is 0 Å². The molecular formula is C18H15N3O3. The number of carbonyl (C=O) groups excluding carboxylic acids is 1. The molecule has 0 saturated heterocycles. The van der Waals surface area contributed by atoms with Crippen LogP contribution < -0.4 is 5.56 Å². The molecule has 2 aromatic carbocycles. The largest absolute Gasteiger partial charge is 0.507 e. The lowest BCUT2D eigenvalue weighted by molar-refractivity contribution is 0.100. The van der Waals surface area contributed by atoms with Crippen molar-refractivity contribution < 1.29 is 9.90 Å². The molecule has 0 aliphatic carbocycles. The first-order valence-electron chi connectivity index (χ1n) is 7.31. The van der Waals surface area contributed by atoms with Gasteiger partial charge in [0.2, 0.25) is 0 Å². The van der Waals surface area contributed by atoms with E-state index in [0.29, 0.717) is 16.9 Å². The molecule has 3 rings (SSSR count). The second-order valence-electron chi connectivity index (χ2n) is 5.21. The van der Waals surface area contributed by atoms with Gasteiger partial charge >= 0.3 is 0 Å². The van der Waals surface area contributed by atoms with E-state index in [1.54, 1.807) is 31.2 Å². The smallest absolute Gasteiger partial charge is 0.280 e. The molecule has 0 fully saturated rings. The molecule has 120 valence electrons. The molecule has 3 aromatic rings. The fourth-order valence-corrected chi connectivity index (χ4v) is 2.32. The Morgan fingerprint density at radius 2 is 1.79 bits per heavy atom. The quantitative estimate of drug-likeness (QED) is 0.726. The van der Waals surface area contributed by atoms with E-state index in [4.69, 9.17) is 0 Å². The summed E-state index contributed by atoms with van der Waals surface area (Å²) in [5.74, 6) is -0.758. The van der Waals surface area contributed by atoms with Crippen molar-refractivity contribution in [2.75, 3.05) is 0 Å². The molecule has 0 unspecified atom stereocenters. The molecule has 6 nitrogen and oxygen atoms in total. The number of aryl methyl sites for hydroxylation is 1. The lowest BCUT2D eigenvalue weighted by Gasteiger charge is -1.99. The third-order valence-corrected chi connectivity index (χ3v) is 3.58. The molecule has 0 spiro atoms. The SMILES string of the molecule is Cc1[nH]n(-c2ccccc2)c(=O)c1C=NC(=O)c1ccccc1O. The molecule has 24 heavy (non-hydrogen) atoms. The maximum atomic E-state index is 12.5. The molecular weight excluding hydrogens is 306 g/mol. The Morgan fingerprint density at radius 1 is 1.12 bits per heavy atom. The Morgan fingerprint density at radius 3 is 2.50 bits per heavy atom. The topological polar surface area (TPSA) is 87.5 Å². The van der Waals surface area contributed by atoms with Gasteiger partial charge < -0.3 is 5.11 Å². The predicted molar refractivity (Wildman–Crippen MR) is 91.2 cm³/mol. The molecule has 0 aliphatic heterocycles. The Hall–Kier alpha value is -3.41. The van der Waals surface area contributed by atoms with E-state index >= 15 is 0 Å². The summed E-state index contributed by atoms with van der Waals surface area (Å²) in [4.78, 5) is 28.3. The van der Waals surface area contributed by atoms with Crippen LogP contribution in [0, 0.1) is 6.92 Å². The minimum Gasteiger partial charge on any atom is -0.507 e. The van der Waals surface area contributed by atoms with E-state index in [0.717, 1.165) is 0 Å². The van der Waals surface area contributed by atoms with E-state index < -0.39 is 5.91 Å². The number of nitrogens with one attached hydrogen (secondary N) is 1. The van der Waals surface area contributed by atoms with Gasteiger partial charge in [-0.15, -0.1) is 0 Å². The third kappa shape index (κ3) is 2.89. The highest BCUT2D eigenvalue weighted by Crippen LogP contribution is 2.16. The van der Waals surface area contributed by atoms with Gasteiger partial charge in [0.25, 0.3) is 11.5 Å². The van der Waals surface area contributed by atoms with Gasteiger partial charge in [-0.05, 0) is 31.2 Å². The second kappa shape index (κ2) is 6.37. The first-order valence-corrected chi connectivity index (χ1v) is 7.31. The van der Waals surface area contributed by atoms with Crippen LogP contribution in [0.25, 0.3) is 5.69 Å². The standard InChI is InChI=1S/C18H15N3O3/c1-12-15(11-19-17(23)14-9-5-6-10-16(14)22)18(24)21(20-12)13-7-3-2-4-8-13/h2-11,20,22H,1H3. The van der Waals surface area contributed by atoms with E-state index in [1.165, 1.54) is 23.0 Å². The fourth-order valence-electron chi connectivity index (χ4n) is 2.32. The summed E-state index contributed by atoms with van der Waals surface area (Å²) < 4.78 is 1.39.